The van der Waals surface area contributed by atoms with Crippen molar-refractivity contribution in [3.63, 3.8) is 0 Å². The van der Waals surface area contributed by atoms with Crippen molar-refractivity contribution in [1.82, 2.24) is 14.3 Å². The molecule has 0 spiro atoms. The van der Waals surface area contributed by atoms with E-state index in [1.807, 2.05) is 45.3 Å². The molecule has 1 aromatic carbocycles. The quantitative estimate of drug-likeness (QED) is 0.353. The van der Waals surface area contributed by atoms with Gasteiger partial charge in [0.05, 0.1) is 24.7 Å². The molecule has 0 saturated carbocycles. The maximum Gasteiger partial charge on any atom is 0.267 e. The predicted molar refractivity (Wildman–Crippen MR) is 144 cm³/mol. The van der Waals surface area contributed by atoms with Crippen LogP contribution in [0.15, 0.2) is 46.2 Å². The minimum Gasteiger partial charge on any atom is -0.493 e. The molecule has 2 aromatic heterocycles. The van der Waals surface area contributed by atoms with Crippen LogP contribution in [0.25, 0.3) is 11.7 Å². The molecule has 35 heavy (non-hydrogen) atoms. The maximum atomic E-state index is 13.3. The summed E-state index contributed by atoms with van der Waals surface area (Å²) in [6.45, 7) is 2.32. The summed E-state index contributed by atoms with van der Waals surface area (Å²) < 4.78 is 12.6. The van der Waals surface area contributed by atoms with Crippen molar-refractivity contribution in [2.45, 2.75) is 13.3 Å². The number of nitrogens with zero attached hydrogens (tertiary/aromatic N) is 4. The summed E-state index contributed by atoms with van der Waals surface area (Å²) in [5.74, 6) is 1.55. The largest absolute Gasteiger partial charge is 0.493 e. The van der Waals surface area contributed by atoms with Gasteiger partial charge in [-0.2, -0.15) is 0 Å². The second-order valence-electron chi connectivity index (χ2n) is 8.21. The van der Waals surface area contributed by atoms with Crippen LogP contribution in [0.4, 0.5) is 5.82 Å². The van der Waals surface area contributed by atoms with Crippen molar-refractivity contribution in [1.29, 1.82) is 0 Å². The van der Waals surface area contributed by atoms with Gasteiger partial charge in [-0.1, -0.05) is 36.1 Å². The van der Waals surface area contributed by atoms with Crippen LogP contribution in [0.2, 0.25) is 0 Å². The first kappa shape index (κ1) is 24.7. The fourth-order valence-corrected chi connectivity index (χ4v) is 5.16. The van der Waals surface area contributed by atoms with Crippen molar-refractivity contribution in [2.24, 2.45) is 0 Å². The van der Waals surface area contributed by atoms with Gasteiger partial charge in [0.25, 0.3) is 11.5 Å². The van der Waals surface area contributed by atoms with Crippen LogP contribution in [-0.4, -0.2) is 59.4 Å². The number of pyridine rings is 1. The number of carbonyl (C=O) groups is 1. The Morgan fingerprint density at radius 2 is 1.89 bits per heavy atom. The van der Waals surface area contributed by atoms with Gasteiger partial charge >= 0.3 is 0 Å². The number of aromatic nitrogens is 2. The number of hydrogen-bond donors (Lipinski definition) is 0. The van der Waals surface area contributed by atoms with Crippen LogP contribution in [0.5, 0.6) is 11.5 Å². The number of fused-ring (bicyclic) bond motifs is 1. The molecule has 1 aliphatic heterocycles. The average Bonchev–Trinajstić information content (AvgIpc) is 3.11. The van der Waals surface area contributed by atoms with Crippen LogP contribution in [0.1, 0.15) is 16.7 Å². The molecule has 3 heterocycles. The molecule has 0 atom stereocenters. The van der Waals surface area contributed by atoms with Gasteiger partial charge in [0.2, 0.25) is 0 Å². The number of aryl methyl sites for hydroxylation is 1. The number of thioether (sulfide) groups is 1. The van der Waals surface area contributed by atoms with E-state index in [9.17, 15) is 9.59 Å². The van der Waals surface area contributed by atoms with Crippen molar-refractivity contribution >= 4 is 51.7 Å². The molecule has 1 saturated heterocycles. The van der Waals surface area contributed by atoms with Crippen molar-refractivity contribution in [3.05, 3.63) is 68.5 Å². The zero-order valence-corrected chi connectivity index (χ0v) is 21.8. The lowest BCUT2D eigenvalue weighted by molar-refractivity contribution is -0.122. The van der Waals surface area contributed by atoms with Gasteiger partial charge in [-0.3, -0.25) is 18.9 Å². The Morgan fingerprint density at radius 1 is 1.14 bits per heavy atom. The van der Waals surface area contributed by atoms with Crippen molar-refractivity contribution in [3.8, 4) is 11.5 Å². The molecule has 182 valence electrons. The van der Waals surface area contributed by atoms with E-state index in [0.29, 0.717) is 50.7 Å². The van der Waals surface area contributed by atoms with Crippen LogP contribution >= 0.6 is 24.0 Å². The van der Waals surface area contributed by atoms with Crippen molar-refractivity contribution < 1.29 is 14.3 Å². The average molecular weight is 511 g/mol. The van der Waals surface area contributed by atoms with Gasteiger partial charge in [-0.25, -0.2) is 4.98 Å². The number of anilines is 1. The van der Waals surface area contributed by atoms with Gasteiger partial charge < -0.3 is 14.4 Å². The van der Waals surface area contributed by atoms with Gasteiger partial charge in [0.1, 0.15) is 15.8 Å². The SMILES string of the molecule is COc1ccc(CCN2C(=O)/C(=C/c3c(N(C)C)nc4c(C)cccn4c3=O)SC2=S)cc1OC. The number of hydrogen-bond acceptors (Lipinski definition) is 8. The number of rotatable bonds is 7. The summed E-state index contributed by atoms with van der Waals surface area (Å²) in [5, 5.41) is 0. The fourth-order valence-electron chi connectivity index (χ4n) is 3.87. The number of methoxy groups -OCH3 is 2. The Bertz CT molecular complexity index is 1410. The van der Waals surface area contributed by atoms with Crippen molar-refractivity contribution in [2.75, 3.05) is 39.8 Å². The number of thiocarbonyl (C=S) groups is 1. The molecular weight excluding hydrogens is 484 g/mol. The highest BCUT2D eigenvalue weighted by Gasteiger charge is 2.32. The molecule has 0 aliphatic carbocycles. The molecule has 1 aliphatic rings. The summed E-state index contributed by atoms with van der Waals surface area (Å²) in [7, 11) is 6.82. The molecular formula is C25H26N4O4S2. The second-order valence-corrected chi connectivity index (χ2v) is 9.88. The Labute approximate surface area is 213 Å². The fraction of sp³-hybridized carbons (Fsp3) is 0.280. The van der Waals surface area contributed by atoms with E-state index in [2.05, 4.69) is 0 Å². The number of amides is 1. The lowest BCUT2D eigenvalue weighted by Gasteiger charge is -2.16. The van der Waals surface area contributed by atoms with Crippen LogP contribution in [0.3, 0.4) is 0 Å². The van der Waals surface area contributed by atoms with E-state index in [1.165, 1.54) is 16.2 Å². The van der Waals surface area contributed by atoms with E-state index >= 15 is 0 Å². The summed E-state index contributed by atoms with van der Waals surface area (Å²) in [6, 6.07) is 9.37. The molecule has 3 aromatic rings. The number of carbonyl (C=O) groups excluding carboxylic acids is 1. The monoisotopic (exact) mass is 510 g/mol. The third kappa shape index (κ3) is 4.76. The summed E-state index contributed by atoms with van der Waals surface area (Å²) in [6.07, 6.45) is 3.88. The third-order valence-corrected chi connectivity index (χ3v) is 7.09. The van der Waals surface area contributed by atoms with E-state index in [-0.39, 0.29) is 11.5 Å². The highest BCUT2D eigenvalue weighted by atomic mass is 32.2. The third-order valence-electron chi connectivity index (χ3n) is 5.71. The minimum atomic E-state index is -0.238. The normalized spacial score (nSPS) is 14.8. The zero-order chi connectivity index (χ0) is 25.3. The molecule has 1 amide bonds. The second kappa shape index (κ2) is 10.1. The number of benzene rings is 1. The van der Waals surface area contributed by atoms with E-state index in [1.54, 1.807) is 42.4 Å². The summed E-state index contributed by atoms with van der Waals surface area (Å²) in [5.41, 5.74) is 2.57. The zero-order valence-electron chi connectivity index (χ0n) is 20.2. The highest BCUT2D eigenvalue weighted by Crippen LogP contribution is 2.34. The molecule has 0 unspecified atom stereocenters. The molecule has 4 rings (SSSR count). The smallest absolute Gasteiger partial charge is 0.267 e. The van der Waals surface area contributed by atoms with Crippen LogP contribution in [-0.2, 0) is 11.2 Å². The summed E-state index contributed by atoms with van der Waals surface area (Å²) >= 11 is 6.69. The van der Waals surface area contributed by atoms with Gasteiger partial charge in [0.15, 0.2) is 11.5 Å². The Morgan fingerprint density at radius 3 is 2.57 bits per heavy atom. The molecule has 10 heteroatoms. The first-order chi connectivity index (χ1) is 16.7. The number of ether oxygens (including phenoxy) is 2. The topological polar surface area (TPSA) is 76.4 Å². The lowest BCUT2D eigenvalue weighted by atomic mass is 10.1. The maximum absolute atomic E-state index is 13.3. The molecule has 8 nitrogen and oxygen atoms in total. The summed E-state index contributed by atoms with van der Waals surface area (Å²) in [4.78, 5) is 35.0. The van der Waals surface area contributed by atoms with Gasteiger partial charge in [-0.05, 0) is 48.7 Å². The Kier molecular flexibility index (Phi) is 7.13. The van der Waals surface area contributed by atoms with Crippen LogP contribution < -0.4 is 19.9 Å². The lowest BCUT2D eigenvalue weighted by Crippen LogP contribution is -2.30. The molecule has 1 fully saturated rings. The highest BCUT2D eigenvalue weighted by molar-refractivity contribution is 8.26. The Balaban J connectivity index is 1.64. The van der Waals surface area contributed by atoms with Crippen LogP contribution in [0, 0.1) is 6.92 Å². The first-order valence-corrected chi connectivity index (χ1v) is 12.1. The predicted octanol–water partition coefficient (Wildman–Crippen LogP) is 3.53. The first-order valence-electron chi connectivity index (χ1n) is 10.9. The van der Waals surface area contributed by atoms with E-state index in [4.69, 9.17) is 26.7 Å². The molecule has 0 bridgehead atoms. The molecule has 0 N–H and O–H groups in total. The van der Waals surface area contributed by atoms with E-state index < -0.39 is 0 Å². The standard InChI is InChI=1S/C25H26N4O4S2/c1-15-7-6-11-28-21(15)26-22(27(2)3)17(23(28)30)14-20-24(31)29(25(34)35-20)12-10-16-8-9-18(32-4)19(13-16)33-5/h6-9,11,13-14H,10,12H2,1-5H3/b20-14-. The Hall–Kier alpha value is -3.37. The van der Waals surface area contributed by atoms with E-state index in [0.717, 1.165) is 11.1 Å². The van der Waals surface area contributed by atoms with Gasteiger partial charge in [0, 0.05) is 26.8 Å². The van der Waals surface area contributed by atoms with Gasteiger partial charge in [-0.15, -0.1) is 0 Å². The molecule has 0 radical (unpaired) electrons. The minimum absolute atomic E-state index is 0.223.